The minimum absolute atomic E-state index is 0.725. The molecule has 1 aromatic carbocycles. The number of aryl methyl sites for hydroxylation is 1. The van der Waals surface area contributed by atoms with E-state index in [4.69, 9.17) is 0 Å². The van der Waals surface area contributed by atoms with Crippen molar-refractivity contribution in [3.05, 3.63) is 35.9 Å². The zero-order chi connectivity index (χ0) is 13.1. The van der Waals surface area contributed by atoms with Gasteiger partial charge in [0.05, 0.1) is 0 Å². The molecule has 2 fully saturated rings. The van der Waals surface area contributed by atoms with Gasteiger partial charge in [-0.15, -0.1) is 0 Å². The second-order valence-electron chi connectivity index (χ2n) is 6.20. The van der Waals surface area contributed by atoms with Gasteiger partial charge in [0.2, 0.25) is 0 Å². The number of hydrogen-bond acceptors (Lipinski definition) is 2. The molecular formula is C17H26N2. The van der Waals surface area contributed by atoms with Crippen LogP contribution in [-0.4, -0.2) is 48.1 Å². The van der Waals surface area contributed by atoms with Crippen molar-refractivity contribution >= 4 is 0 Å². The Bertz CT molecular complexity index is 390. The minimum atomic E-state index is 0.725. The molecule has 2 aliphatic heterocycles. The molecule has 2 nitrogen and oxygen atoms in total. The summed E-state index contributed by atoms with van der Waals surface area (Å²) in [4.78, 5) is 5.41. The molecule has 3 rings (SSSR count). The van der Waals surface area contributed by atoms with Crippen LogP contribution in [0.1, 0.15) is 31.7 Å². The number of hydrogen-bond donors (Lipinski definition) is 0. The van der Waals surface area contributed by atoms with Crippen molar-refractivity contribution in [2.75, 3.05) is 26.2 Å². The van der Waals surface area contributed by atoms with Gasteiger partial charge in [0.25, 0.3) is 0 Å². The van der Waals surface area contributed by atoms with Crippen molar-refractivity contribution in [2.24, 2.45) is 0 Å². The van der Waals surface area contributed by atoms with E-state index in [1.165, 1.54) is 57.4 Å². The maximum absolute atomic E-state index is 2.72. The van der Waals surface area contributed by atoms with Gasteiger partial charge in [-0.3, -0.25) is 9.80 Å². The lowest BCUT2D eigenvalue weighted by Crippen LogP contribution is -2.52. The maximum Gasteiger partial charge on any atom is 0.0224 e. The van der Waals surface area contributed by atoms with Crippen LogP contribution in [0.15, 0.2) is 30.3 Å². The van der Waals surface area contributed by atoms with Gasteiger partial charge in [-0.1, -0.05) is 30.3 Å². The zero-order valence-corrected chi connectivity index (χ0v) is 12.1. The molecule has 2 heteroatoms. The first kappa shape index (κ1) is 13.1. The minimum Gasteiger partial charge on any atom is -0.298 e. The molecule has 2 atom stereocenters. The summed E-state index contributed by atoms with van der Waals surface area (Å²) >= 11 is 0. The third-order valence-electron chi connectivity index (χ3n) is 4.94. The monoisotopic (exact) mass is 258 g/mol. The average molecular weight is 258 g/mol. The first-order chi connectivity index (χ1) is 9.33. The van der Waals surface area contributed by atoms with E-state index in [1.807, 2.05) is 0 Å². The summed E-state index contributed by atoms with van der Waals surface area (Å²) in [5.74, 6) is 0. The average Bonchev–Trinajstić information content (AvgIpc) is 2.93. The summed E-state index contributed by atoms with van der Waals surface area (Å²) < 4.78 is 0. The van der Waals surface area contributed by atoms with Gasteiger partial charge in [-0.25, -0.2) is 0 Å². The molecule has 0 aromatic heterocycles. The molecule has 0 amide bonds. The van der Waals surface area contributed by atoms with Gasteiger partial charge in [0, 0.05) is 31.7 Å². The number of piperazine rings is 1. The second-order valence-corrected chi connectivity index (χ2v) is 6.20. The van der Waals surface area contributed by atoms with E-state index in [0.717, 1.165) is 12.1 Å². The summed E-state index contributed by atoms with van der Waals surface area (Å²) in [6.45, 7) is 7.62. The summed E-state index contributed by atoms with van der Waals surface area (Å²) in [6.07, 6.45) is 5.34. The molecule has 1 aromatic rings. The molecule has 2 aliphatic rings. The van der Waals surface area contributed by atoms with Crippen LogP contribution in [0.4, 0.5) is 0 Å². The van der Waals surface area contributed by atoms with Gasteiger partial charge in [-0.05, 0) is 44.7 Å². The van der Waals surface area contributed by atoms with Crippen molar-refractivity contribution in [1.82, 2.24) is 9.80 Å². The lowest BCUT2D eigenvalue weighted by molar-refractivity contribution is 0.0744. The molecule has 2 heterocycles. The van der Waals surface area contributed by atoms with Crippen LogP contribution in [0.2, 0.25) is 0 Å². The Morgan fingerprint density at radius 2 is 2.00 bits per heavy atom. The quantitative estimate of drug-likeness (QED) is 0.819. The Balaban J connectivity index is 1.49. The van der Waals surface area contributed by atoms with Crippen molar-refractivity contribution in [3.63, 3.8) is 0 Å². The van der Waals surface area contributed by atoms with Crippen LogP contribution in [0, 0.1) is 0 Å². The van der Waals surface area contributed by atoms with E-state index < -0.39 is 0 Å². The first-order valence-electron chi connectivity index (χ1n) is 7.85. The summed E-state index contributed by atoms with van der Waals surface area (Å²) in [5, 5.41) is 0. The highest BCUT2D eigenvalue weighted by atomic mass is 15.3. The van der Waals surface area contributed by atoms with Gasteiger partial charge < -0.3 is 0 Å². The van der Waals surface area contributed by atoms with E-state index in [-0.39, 0.29) is 0 Å². The normalized spacial score (nSPS) is 26.3. The van der Waals surface area contributed by atoms with Crippen LogP contribution in [-0.2, 0) is 6.42 Å². The van der Waals surface area contributed by atoms with Crippen LogP contribution >= 0.6 is 0 Å². The van der Waals surface area contributed by atoms with Gasteiger partial charge in [0.15, 0.2) is 0 Å². The molecule has 2 saturated heterocycles. The molecule has 0 radical (unpaired) electrons. The van der Waals surface area contributed by atoms with E-state index in [9.17, 15) is 0 Å². The van der Waals surface area contributed by atoms with Crippen LogP contribution in [0.5, 0.6) is 0 Å². The van der Waals surface area contributed by atoms with Gasteiger partial charge in [-0.2, -0.15) is 0 Å². The predicted molar refractivity (Wildman–Crippen MR) is 80.4 cm³/mol. The van der Waals surface area contributed by atoms with Crippen LogP contribution in [0.3, 0.4) is 0 Å². The first-order valence-corrected chi connectivity index (χ1v) is 7.85. The summed E-state index contributed by atoms with van der Waals surface area (Å²) in [6, 6.07) is 12.5. The Labute approximate surface area is 117 Å². The second kappa shape index (κ2) is 6.06. The highest BCUT2D eigenvalue weighted by molar-refractivity contribution is 5.14. The maximum atomic E-state index is 2.72. The highest BCUT2D eigenvalue weighted by Gasteiger charge is 2.31. The molecule has 19 heavy (non-hydrogen) atoms. The smallest absolute Gasteiger partial charge is 0.0224 e. The van der Waals surface area contributed by atoms with Gasteiger partial charge >= 0.3 is 0 Å². The largest absolute Gasteiger partial charge is 0.298 e. The number of rotatable bonds is 4. The molecule has 0 spiro atoms. The van der Waals surface area contributed by atoms with Crippen LogP contribution < -0.4 is 0 Å². The summed E-state index contributed by atoms with van der Waals surface area (Å²) in [5.41, 5.74) is 1.48. The molecule has 0 saturated carbocycles. The van der Waals surface area contributed by atoms with E-state index >= 15 is 0 Å². The molecule has 0 bridgehead atoms. The Kier molecular flexibility index (Phi) is 4.19. The van der Waals surface area contributed by atoms with Crippen molar-refractivity contribution in [2.45, 2.75) is 44.7 Å². The number of nitrogens with zero attached hydrogens (tertiary/aromatic N) is 2. The van der Waals surface area contributed by atoms with E-state index in [0.29, 0.717) is 0 Å². The molecular weight excluding hydrogens is 232 g/mol. The summed E-state index contributed by atoms with van der Waals surface area (Å²) in [7, 11) is 0. The van der Waals surface area contributed by atoms with E-state index in [2.05, 4.69) is 47.1 Å². The van der Waals surface area contributed by atoms with Gasteiger partial charge in [0.1, 0.15) is 0 Å². The fourth-order valence-electron chi connectivity index (χ4n) is 3.62. The SMILES string of the molecule is CC(CCc1ccccc1)N1CCN2CCCC2C1. The van der Waals surface area contributed by atoms with Crippen molar-refractivity contribution < 1.29 is 0 Å². The van der Waals surface area contributed by atoms with E-state index in [1.54, 1.807) is 0 Å². The number of benzene rings is 1. The topological polar surface area (TPSA) is 6.48 Å². The third-order valence-corrected chi connectivity index (χ3v) is 4.94. The highest BCUT2D eigenvalue weighted by Crippen LogP contribution is 2.23. The predicted octanol–water partition coefficient (Wildman–Crippen LogP) is 2.79. The molecule has 0 N–H and O–H groups in total. The van der Waals surface area contributed by atoms with Crippen molar-refractivity contribution in [3.8, 4) is 0 Å². The Morgan fingerprint density at radius 3 is 2.84 bits per heavy atom. The van der Waals surface area contributed by atoms with Crippen molar-refractivity contribution in [1.29, 1.82) is 0 Å². The fourth-order valence-corrected chi connectivity index (χ4v) is 3.62. The Hall–Kier alpha value is -0.860. The molecule has 104 valence electrons. The fraction of sp³-hybridized carbons (Fsp3) is 0.647. The zero-order valence-electron chi connectivity index (χ0n) is 12.1. The molecule has 2 unspecified atom stereocenters. The third kappa shape index (κ3) is 3.18. The van der Waals surface area contributed by atoms with Crippen LogP contribution in [0.25, 0.3) is 0 Å². The Morgan fingerprint density at radius 1 is 1.16 bits per heavy atom. The number of fused-ring (bicyclic) bond motifs is 1. The molecule has 0 aliphatic carbocycles. The standard InChI is InChI=1S/C17H26N2/c1-15(9-10-16-6-3-2-4-7-16)19-13-12-18-11-5-8-17(18)14-19/h2-4,6-7,15,17H,5,8-14H2,1H3. The lowest BCUT2D eigenvalue weighted by Gasteiger charge is -2.40. The lowest BCUT2D eigenvalue weighted by atomic mass is 10.0.